The number of hydrogen-bond donors (Lipinski definition) is 1. The summed E-state index contributed by atoms with van der Waals surface area (Å²) in [6, 6.07) is 3.48. The van der Waals surface area contributed by atoms with Crippen molar-refractivity contribution in [3.8, 4) is 5.75 Å². The average Bonchev–Trinajstić information content (AvgIpc) is 2.41. The molecule has 1 aromatic heterocycles. The summed E-state index contributed by atoms with van der Waals surface area (Å²) in [6.07, 6.45) is 2.23. The summed E-state index contributed by atoms with van der Waals surface area (Å²) in [7, 11) is 3.31. The molecule has 0 unspecified atom stereocenters. The molecule has 1 aromatic carbocycles. The maximum absolute atomic E-state index is 12.1. The van der Waals surface area contributed by atoms with Gasteiger partial charge in [0.05, 0.1) is 12.1 Å². The van der Waals surface area contributed by atoms with E-state index in [2.05, 4.69) is 6.58 Å². The number of aromatic nitrogens is 1. The van der Waals surface area contributed by atoms with Crippen LogP contribution in [0.25, 0.3) is 10.9 Å². The zero-order chi connectivity index (χ0) is 14.9. The molecular weight excluding hydrogens is 254 g/mol. The summed E-state index contributed by atoms with van der Waals surface area (Å²) < 4.78 is 6.73. The van der Waals surface area contributed by atoms with Crippen molar-refractivity contribution in [2.45, 2.75) is 20.0 Å². The van der Waals surface area contributed by atoms with Gasteiger partial charge in [-0.2, -0.15) is 0 Å². The Bertz CT molecular complexity index is 729. The SMILES string of the molecule is C=CCc1c(O)c(C)cc2c(COC)cc(=O)n(C)c12. The number of ether oxygens (including phenoxy) is 1. The first kappa shape index (κ1) is 14.3. The topological polar surface area (TPSA) is 51.5 Å². The standard InChI is InChI=1S/C16H19NO3/c1-5-6-12-15-13(7-10(2)16(12)19)11(9-20-4)8-14(18)17(15)3/h5,7-8,19H,1,6,9H2,2-4H3. The van der Waals surface area contributed by atoms with Crippen LogP contribution in [-0.4, -0.2) is 16.8 Å². The average molecular weight is 273 g/mol. The number of allylic oxidation sites excluding steroid dienone is 1. The first-order chi connectivity index (χ1) is 9.51. The van der Waals surface area contributed by atoms with Crippen molar-refractivity contribution in [3.05, 3.63) is 51.8 Å². The van der Waals surface area contributed by atoms with Crippen molar-refractivity contribution < 1.29 is 9.84 Å². The van der Waals surface area contributed by atoms with E-state index in [1.165, 1.54) is 0 Å². The third kappa shape index (κ3) is 2.23. The summed E-state index contributed by atoms with van der Waals surface area (Å²) in [4.78, 5) is 12.1. The van der Waals surface area contributed by atoms with Crippen LogP contribution in [0.3, 0.4) is 0 Å². The molecule has 2 aromatic rings. The molecule has 0 aliphatic rings. The third-order valence-corrected chi connectivity index (χ3v) is 3.52. The molecule has 1 heterocycles. The van der Waals surface area contributed by atoms with Gasteiger partial charge in [0.25, 0.3) is 5.56 Å². The van der Waals surface area contributed by atoms with Crippen LogP contribution in [0.1, 0.15) is 16.7 Å². The summed E-state index contributed by atoms with van der Waals surface area (Å²) in [5.74, 6) is 0.224. The van der Waals surface area contributed by atoms with Crippen LogP contribution in [-0.2, 0) is 24.8 Å². The van der Waals surface area contributed by atoms with Crippen molar-refractivity contribution in [3.63, 3.8) is 0 Å². The zero-order valence-corrected chi connectivity index (χ0v) is 12.1. The number of rotatable bonds is 4. The van der Waals surface area contributed by atoms with E-state index < -0.39 is 0 Å². The van der Waals surface area contributed by atoms with Gasteiger partial charge in [0.15, 0.2) is 0 Å². The molecule has 0 bridgehead atoms. The number of phenols is 1. The first-order valence-electron chi connectivity index (χ1n) is 6.45. The van der Waals surface area contributed by atoms with Crippen LogP contribution < -0.4 is 5.56 Å². The van der Waals surface area contributed by atoms with Crippen molar-refractivity contribution in [2.24, 2.45) is 7.05 Å². The molecule has 0 radical (unpaired) electrons. The second-order valence-corrected chi connectivity index (χ2v) is 4.91. The lowest BCUT2D eigenvalue weighted by molar-refractivity contribution is 0.186. The fraction of sp³-hybridized carbons (Fsp3) is 0.312. The summed E-state index contributed by atoms with van der Waals surface area (Å²) >= 11 is 0. The van der Waals surface area contributed by atoms with Gasteiger partial charge in [0.2, 0.25) is 0 Å². The number of phenolic OH excluding ortho intramolecular Hbond substituents is 1. The molecule has 4 nitrogen and oxygen atoms in total. The highest BCUT2D eigenvalue weighted by Crippen LogP contribution is 2.32. The Morgan fingerprint density at radius 1 is 1.45 bits per heavy atom. The number of benzene rings is 1. The van der Waals surface area contributed by atoms with Gasteiger partial charge in [-0.3, -0.25) is 4.79 Å². The van der Waals surface area contributed by atoms with Crippen LogP contribution in [0.5, 0.6) is 5.75 Å². The molecule has 106 valence electrons. The highest BCUT2D eigenvalue weighted by Gasteiger charge is 2.15. The van der Waals surface area contributed by atoms with Crippen LogP contribution in [0.4, 0.5) is 0 Å². The van der Waals surface area contributed by atoms with Gasteiger partial charge in [-0.25, -0.2) is 0 Å². The molecule has 0 spiro atoms. The first-order valence-corrected chi connectivity index (χ1v) is 6.45. The Balaban J connectivity index is 2.98. The Kier molecular flexibility index (Phi) is 3.95. The minimum Gasteiger partial charge on any atom is -0.507 e. The van der Waals surface area contributed by atoms with Crippen LogP contribution in [0.2, 0.25) is 0 Å². The molecule has 2 rings (SSSR count). The number of aromatic hydroxyl groups is 1. The summed E-state index contributed by atoms with van der Waals surface area (Å²) in [6.45, 7) is 5.94. The van der Waals surface area contributed by atoms with E-state index in [0.29, 0.717) is 13.0 Å². The molecule has 20 heavy (non-hydrogen) atoms. The fourth-order valence-corrected chi connectivity index (χ4v) is 2.54. The zero-order valence-electron chi connectivity index (χ0n) is 12.1. The second kappa shape index (κ2) is 5.51. The van der Waals surface area contributed by atoms with E-state index in [1.54, 1.807) is 30.9 Å². The van der Waals surface area contributed by atoms with Gasteiger partial charge in [0.1, 0.15) is 5.75 Å². The predicted octanol–water partition coefficient (Wildman–Crippen LogP) is 2.43. The van der Waals surface area contributed by atoms with E-state index in [1.807, 2.05) is 13.0 Å². The number of aryl methyl sites for hydroxylation is 2. The normalized spacial score (nSPS) is 10.9. The van der Waals surface area contributed by atoms with Gasteiger partial charge >= 0.3 is 0 Å². The molecule has 0 atom stereocenters. The molecule has 1 N–H and O–H groups in total. The number of nitrogens with zero attached hydrogens (tertiary/aromatic N) is 1. The molecular formula is C16H19NO3. The van der Waals surface area contributed by atoms with Gasteiger partial charge < -0.3 is 14.4 Å². The maximum Gasteiger partial charge on any atom is 0.251 e. The Morgan fingerprint density at radius 3 is 2.75 bits per heavy atom. The van der Waals surface area contributed by atoms with Crippen LogP contribution in [0.15, 0.2) is 29.6 Å². The van der Waals surface area contributed by atoms with Gasteiger partial charge in [-0.1, -0.05) is 6.08 Å². The van der Waals surface area contributed by atoms with Gasteiger partial charge in [-0.05, 0) is 30.5 Å². The van der Waals surface area contributed by atoms with Gasteiger partial charge in [0, 0.05) is 31.2 Å². The molecule has 0 aliphatic heterocycles. The van der Waals surface area contributed by atoms with Crippen LogP contribution in [0, 0.1) is 6.92 Å². The Hall–Kier alpha value is -2.07. The molecule has 0 aliphatic carbocycles. The molecule has 0 fully saturated rings. The number of methoxy groups -OCH3 is 1. The summed E-state index contributed by atoms with van der Waals surface area (Å²) in [5.41, 5.74) is 2.97. The highest BCUT2D eigenvalue weighted by atomic mass is 16.5. The minimum atomic E-state index is -0.113. The summed E-state index contributed by atoms with van der Waals surface area (Å²) in [5, 5.41) is 11.2. The van der Waals surface area contributed by atoms with Crippen molar-refractivity contribution >= 4 is 10.9 Å². The van der Waals surface area contributed by atoms with Crippen LogP contribution >= 0.6 is 0 Å². The van der Waals surface area contributed by atoms with E-state index in [0.717, 1.165) is 27.6 Å². The molecule has 0 saturated heterocycles. The Labute approximate surface area is 117 Å². The largest absolute Gasteiger partial charge is 0.507 e. The number of pyridine rings is 1. The molecule has 0 amide bonds. The van der Waals surface area contributed by atoms with Gasteiger partial charge in [-0.15, -0.1) is 6.58 Å². The maximum atomic E-state index is 12.1. The lowest BCUT2D eigenvalue weighted by Crippen LogP contribution is -2.19. The Morgan fingerprint density at radius 2 is 2.15 bits per heavy atom. The van der Waals surface area contributed by atoms with Crippen molar-refractivity contribution in [1.82, 2.24) is 4.57 Å². The smallest absolute Gasteiger partial charge is 0.251 e. The molecule has 4 heteroatoms. The molecule has 0 saturated carbocycles. The van der Waals surface area contributed by atoms with E-state index in [9.17, 15) is 9.90 Å². The fourth-order valence-electron chi connectivity index (χ4n) is 2.54. The quantitative estimate of drug-likeness (QED) is 0.870. The van der Waals surface area contributed by atoms with E-state index >= 15 is 0 Å². The highest BCUT2D eigenvalue weighted by molar-refractivity contribution is 5.88. The number of hydrogen-bond acceptors (Lipinski definition) is 3. The lowest BCUT2D eigenvalue weighted by atomic mass is 9.98. The predicted molar refractivity (Wildman–Crippen MR) is 80.2 cm³/mol. The number of fused-ring (bicyclic) bond motifs is 1. The minimum absolute atomic E-state index is 0.113. The van der Waals surface area contributed by atoms with Crippen molar-refractivity contribution in [1.29, 1.82) is 0 Å². The van der Waals surface area contributed by atoms with Crippen molar-refractivity contribution in [2.75, 3.05) is 7.11 Å². The van der Waals surface area contributed by atoms with E-state index in [4.69, 9.17) is 4.74 Å². The van der Waals surface area contributed by atoms with E-state index in [-0.39, 0.29) is 11.3 Å². The second-order valence-electron chi connectivity index (χ2n) is 4.91. The third-order valence-electron chi connectivity index (χ3n) is 3.52. The lowest BCUT2D eigenvalue weighted by Gasteiger charge is -2.16. The monoisotopic (exact) mass is 273 g/mol.